The Bertz CT molecular complexity index is 484. The molecule has 110 valence electrons. The highest BCUT2D eigenvalue weighted by Crippen LogP contribution is 2.38. The fourth-order valence-electron chi connectivity index (χ4n) is 2.89. The first kappa shape index (κ1) is 14.6. The summed E-state index contributed by atoms with van der Waals surface area (Å²) in [6.45, 7) is 3.00. The van der Waals surface area contributed by atoms with Crippen molar-refractivity contribution in [1.82, 2.24) is 0 Å². The molecule has 0 amide bonds. The Labute approximate surface area is 118 Å². The lowest BCUT2D eigenvalue weighted by molar-refractivity contribution is -0.383. The van der Waals surface area contributed by atoms with Gasteiger partial charge in [-0.05, 0) is 30.4 Å². The second-order valence-electron chi connectivity index (χ2n) is 5.83. The van der Waals surface area contributed by atoms with Gasteiger partial charge < -0.3 is 10.7 Å². The number of hydrogen-bond donors (Lipinski definition) is 3. The lowest BCUT2D eigenvalue weighted by atomic mass is 9.76. The SMILES string of the molecule is CC1(CNc2cccc(NN)c2[N+](=O)[O-])CCCCC1. The van der Waals surface area contributed by atoms with Crippen molar-refractivity contribution in [1.29, 1.82) is 0 Å². The molecule has 6 heteroatoms. The molecule has 0 aliphatic heterocycles. The molecule has 0 atom stereocenters. The minimum Gasteiger partial charge on any atom is -0.379 e. The zero-order chi connectivity index (χ0) is 14.6. The molecule has 1 aliphatic rings. The van der Waals surface area contributed by atoms with E-state index in [2.05, 4.69) is 17.7 Å². The Hall–Kier alpha value is -1.82. The number of hydrogen-bond acceptors (Lipinski definition) is 5. The van der Waals surface area contributed by atoms with Crippen LogP contribution in [0.3, 0.4) is 0 Å². The van der Waals surface area contributed by atoms with E-state index < -0.39 is 4.92 Å². The summed E-state index contributed by atoms with van der Waals surface area (Å²) < 4.78 is 0. The van der Waals surface area contributed by atoms with Crippen molar-refractivity contribution in [2.45, 2.75) is 39.0 Å². The molecule has 0 radical (unpaired) electrons. The van der Waals surface area contributed by atoms with Crippen molar-refractivity contribution in [2.24, 2.45) is 11.3 Å². The average molecular weight is 278 g/mol. The number of nitrogens with two attached hydrogens (primary N) is 1. The summed E-state index contributed by atoms with van der Waals surface area (Å²) in [6, 6.07) is 5.09. The smallest absolute Gasteiger partial charge is 0.316 e. The third kappa shape index (κ3) is 3.19. The van der Waals surface area contributed by atoms with E-state index in [0.717, 1.165) is 6.54 Å². The van der Waals surface area contributed by atoms with Crippen LogP contribution in [0.25, 0.3) is 0 Å². The van der Waals surface area contributed by atoms with Gasteiger partial charge in [-0.1, -0.05) is 32.3 Å². The van der Waals surface area contributed by atoms with Gasteiger partial charge in [0.15, 0.2) is 0 Å². The number of anilines is 2. The van der Waals surface area contributed by atoms with Crippen LogP contribution in [0.1, 0.15) is 39.0 Å². The third-order valence-corrected chi connectivity index (χ3v) is 4.14. The summed E-state index contributed by atoms with van der Waals surface area (Å²) in [7, 11) is 0. The standard InChI is InChI=1S/C14H22N4O2/c1-14(8-3-2-4-9-14)10-16-11-6-5-7-12(17-15)13(11)18(19)20/h5-7,16-17H,2-4,8-10,15H2,1H3. The Morgan fingerprint density at radius 3 is 2.55 bits per heavy atom. The number of hydrazine groups is 1. The third-order valence-electron chi connectivity index (χ3n) is 4.14. The Balaban J connectivity index is 2.14. The Kier molecular flexibility index (Phi) is 4.44. The van der Waals surface area contributed by atoms with Gasteiger partial charge in [-0.15, -0.1) is 0 Å². The molecule has 0 aromatic heterocycles. The van der Waals surface area contributed by atoms with Crippen LogP contribution in [0.15, 0.2) is 18.2 Å². The van der Waals surface area contributed by atoms with Gasteiger partial charge in [0, 0.05) is 6.54 Å². The summed E-state index contributed by atoms with van der Waals surface area (Å²) in [5.41, 5.74) is 3.47. The van der Waals surface area contributed by atoms with Crippen molar-refractivity contribution in [3.63, 3.8) is 0 Å². The lowest BCUT2D eigenvalue weighted by Crippen LogP contribution is -2.29. The highest BCUT2D eigenvalue weighted by Gasteiger charge is 2.28. The van der Waals surface area contributed by atoms with E-state index in [1.807, 2.05) is 0 Å². The minimum absolute atomic E-state index is 0.00871. The second-order valence-corrected chi connectivity index (χ2v) is 5.83. The van der Waals surface area contributed by atoms with Crippen LogP contribution >= 0.6 is 0 Å². The van der Waals surface area contributed by atoms with Crippen molar-refractivity contribution in [3.05, 3.63) is 28.3 Å². The number of benzene rings is 1. The molecule has 1 aliphatic carbocycles. The van der Waals surface area contributed by atoms with E-state index in [1.165, 1.54) is 32.1 Å². The molecule has 1 fully saturated rings. The number of nitro groups is 1. The number of para-hydroxylation sites is 1. The number of nitro benzene ring substituents is 1. The summed E-state index contributed by atoms with van der Waals surface area (Å²) in [5, 5.41) is 14.4. The summed E-state index contributed by atoms with van der Waals surface area (Å²) in [4.78, 5) is 10.8. The minimum atomic E-state index is -0.402. The van der Waals surface area contributed by atoms with Crippen LogP contribution in [0.5, 0.6) is 0 Å². The van der Waals surface area contributed by atoms with Crippen LogP contribution in [-0.4, -0.2) is 11.5 Å². The molecule has 6 nitrogen and oxygen atoms in total. The van der Waals surface area contributed by atoms with E-state index in [1.54, 1.807) is 18.2 Å². The molecule has 1 aromatic rings. The molecule has 0 bridgehead atoms. The topological polar surface area (TPSA) is 93.2 Å². The zero-order valence-electron chi connectivity index (χ0n) is 11.8. The molecule has 1 saturated carbocycles. The first-order valence-electron chi connectivity index (χ1n) is 7.04. The van der Waals surface area contributed by atoms with Gasteiger partial charge in [-0.3, -0.25) is 16.0 Å². The largest absolute Gasteiger partial charge is 0.379 e. The van der Waals surface area contributed by atoms with E-state index in [9.17, 15) is 10.1 Å². The number of nitrogens with zero attached hydrogens (tertiary/aromatic N) is 1. The molecule has 1 aromatic carbocycles. The molecule has 20 heavy (non-hydrogen) atoms. The summed E-state index contributed by atoms with van der Waals surface area (Å²) >= 11 is 0. The predicted octanol–water partition coefficient (Wildman–Crippen LogP) is 3.26. The van der Waals surface area contributed by atoms with E-state index in [-0.39, 0.29) is 11.1 Å². The molecule has 0 spiro atoms. The van der Waals surface area contributed by atoms with Crippen molar-refractivity contribution in [2.75, 3.05) is 17.3 Å². The summed E-state index contributed by atoms with van der Waals surface area (Å²) in [5.74, 6) is 5.34. The maximum absolute atomic E-state index is 11.2. The number of nitrogens with one attached hydrogen (secondary N) is 2. The average Bonchev–Trinajstić information content (AvgIpc) is 2.45. The molecule has 0 heterocycles. The van der Waals surface area contributed by atoms with Crippen LogP contribution in [-0.2, 0) is 0 Å². The normalized spacial score (nSPS) is 17.5. The molecule has 0 saturated heterocycles. The van der Waals surface area contributed by atoms with Crippen molar-refractivity contribution >= 4 is 17.1 Å². The molecule has 2 rings (SSSR count). The second kappa shape index (κ2) is 6.09. The fourth-order valence-corrected chi connectivity index (χ4v) is 2.89. The van der Waals surface area contributed by atoms with Gasteiger partial charge in [0.2, 0.25) is 0 Å². The van der Waals surface area contributed by atoms with Gasteiger partial charge in [-0.2, -0.15) is 0 Å². The zero-order valence-corrected chi connectivity index (χ0v) is 11.8. The lowest BCUT2D eigenvalue weighted by Gasteiger charge is -2.34. The molecular weight excluding hydrogens is 256 g/mol. The van der Waals surface area contributed by atoms with E-state index in [4.69, 9.17) is 5.84 Å². The Morgan fingerprint density at radius 2 is 1.95 bits per heavy atom. The maximum atomic E-state index is 11.2. The van der Waals surface area contributed by atoms with Gasteiger partial charge in [0.1, 0.15) is 11.4 Å². The van der Waals surface area contributed by atoms with Gasteiger partial charge in [-0.25, -0.2) is 0 Å². The van der Waals surface area contributed by atoms with Crippen LogP contribution in [0.4, 0.5) is 17.1 Å². The maximum Gasteiger partial charge on any atom is 0.316 e. The van der Waals surface area contributed by atoms with E-state index >= 15 is 0 Å². The van der Waals surface area contributed by atoms with Crippen molar-refractivity contribution < 1.29 is 4.92 Å². The van der Waals surface area contributed by atoms with E-state index in [0.29, 0.717) is 11.4 Å². The predicted molar refractivity (Wildman–Crippen MR) is 80.6 cm³/mol. The first-order chi connectivity index (χ1) is 9.56. The van der Waals surface area contributed by atoms with Gasteiger partial charge >= 0.3 is 5.69 Å². The van der Waals surface area contributed by atoms with Crippen LogP contribution in [0, 0.1) is 15.5 Å². The van der Waals surface area contributed by atoms with Crippen LogP contribution in [0.2, 0.25) is 0 Å². The highest BCUT2D eigenvalue weighted by molar-refractivity contribution is 5.75. The van der Waals surface area contributed by atoms with Crippen molar-refractivity contribution in [3.8, 4) is 0 Å². The quantitative estimate of drug-likeness (QED) is 0.436. The molecule has 4 N–H and O–H groups in total. The molecule has 0 unspecified atom stereocenters. The Morgan fingerprint density at radius 1 is 1.30 bits per heavy atom. The number of rotatable bonds is 5. The number of nitrogen functional groups attached to an aromatic ring is 1. The first-order valence-corrected chi connectivity index (χ1v) is 7.04. The van der Waals surface area contributed by atoms with Crippen LogP contribution < -0.4 is 16.6 Å². The molecular formula is C14H22N4O2. The fraction of sp³-hybridized carbons (Fsp3) is 0.571. The van der Waals surface area contributed by atoms with Gasteiger partial charge in [0.05, 0.1) is 4.92 Å². The highest BCUT2D eigenvalue weighted by atomic mass is 16.6. The van der Waals surface area contributed by atoms with Gasteiger partial charge in [0.25, 0.3) is 0 Å². The summed E-state index contributed by atoms with van der Waals surface area (Å²) in [6.07, 6.45) is 6.11. The monoisotopic (exact) mass is 278 g/mol.